The monoisotopic (exact) mass is 483 g/mol. The van der Waals surface area contributed by atoms with Gasteiger partial charge >= 0.3 is 5.97 Å². The van der Waals surface area contributed by atoms with E-state index in [4.69, 9.17) is 30.9 Å². The summed E-state index contributed by atoms with van der Waals surface area (Å²) in [6, 6.07) is 21.2. The molecule has 3 aromatic rings. The molecule has 178 valence electrons. The Labute approximate surface area is 203 Å². The SMILES string of the molecule is COC(Cc1ccc(OCCCOc2ccc(NC(=O)c3ccccc3Cl)cc2)cc1)C(=O)O. The summed E-state index contributed by atoms with van der Waals surface area (Å²) >= 11 is 6.06. The summed E-state index contributed by atoms with van der Waals surface area (Å²) in [6.45, 7) is 0.943. The molecule has 0 bridgehead atoms. The standard InChI is InChI=1S/C26H26ClNO6/c1-32-24(26(30)31)17-18-7-11-20(12-8-18)33-15-4-16-34-21-13-9-19(10-14-21)28-25(29)22-5-2-3-6-23(22)27/h2-3,5-14,24H,4,15-17H2,1H3,(H,28,29)(H,30,31). The van der Waals surface area contributed by atoms with Crippen molar-refractivity contribution < 1.29 is 28.9 Å². The van der Waals surface area contributed by atoms with Gasteiger partial charge in [-0.2, -0.15) is 0 Å². The largest absolute Gasteiger partial charge is 0.493 e. The molecule has 2 N–H and O–H groups in total. The van der Waals surface area contributed by atoms with Gasteiger partial charge in [-0.1, -0.05) is 35.9 Å². The first-order chi connectivity index (χ1) is 16.5. The van der Waals surface area contributed by atoms with Gasteiger partial charge in [0.05, 0.1) is 23.8 Å². The maximum absolute atomic E-state index is 12.3. The lowest BCUT2D eigenvalue weighted by Gasteiger charge is -2.11. The van der Waals surface area contributed by atoms with Crippen molar-refractivity contribution in [3.8, 4) is 11.5 Å². The zero-order valence-corrected chi connectivity index (χ0v) is 19.5. The molecule has 1 atom stereocenters. The third-order valence-electron chi connectivity index (χ3n) is 4.96. The number of nitrogens with one attached hydrogen (secondary N) is 1. The Morgan fingerprint density at radius 2 is 1.50 bits per heavy atom. The lowest BCUT2D eigenvalue weighted by molar-refractivity contribution is -0.148. The van der Waals surface area contributed by atoms with Crippen LogP contribution in [-0.4, -0.2) is 43.4 Å². The number of carboxylic acid groups (broad SMARTS) is 1. The molecule has 0 aliphatic carbocycles. The second kappa shape index (κ2) is 12.6. The molecule has 1 amide bonds. The van der Waals surface area contributed by atoms with Gasteiger partial charge in [0, 0.05) is 25.6 Å². The van der Waals surface area contributed by atoms with E-state index in [1.807, 2.05) is 12.1 Å². The molecule has 8 heteroatoms. The van der Waals surface area contributed by atoms with E-state index >= 15 is 0 Å². The molecule has 1 unspecified atom stereocenters. The van der Waals surface area contributed by atoms with Crippen molar-refractivity contribution in [3.63, 3.8) is 0 Å². The highest BCUT2D eigenvalue weighted by Crippen LogP contribution is 2.20. The fourth-order valence-electron chi connectivity index (χ4n) is 3.12. The maximum atomic E-state index is 12.3. The van der Waals surface area contributed by atoms with E-state index in [0.717, 1.165) is 5.56 Å². The summed E-state index contributed by atoms with van der Waals surface area (Å²) in [6.07, 6.45) is 0.108. The Kier molecular flexibility index (Phi) is 9.31. The molecule has 0 radical (unpaired) electrons. The molecule has 34 heavy (non-hydrogen) atoms. The van der Waals surface area contributed by atoms with Crippen molar-refractivity contribution in [2.75, 3.05) is 25.6 Å². The van der Waals surface area contributed by atoms with Crippen LogP contribution in [0.15, 0.2) is 72.8 Å². The number of halogens is 1. The third kappa shape index (κ3) is 7.50. The molecule has 0 saturated carbocycles. The molecule has 7 nitrogen and oxygen atoms in total. The van der Waals surface area contributed by atoms with Crippen LogP contribution in [0.3, 0.4) is 0 Å². The summed E-state index contributed by atoms with van der Waals surface area (Å²) in [4.78, 5) is 23.4. The minimum Gasteiger partial charge on any atom is -0.493 e. The highest BCUT2D eigenvalue weighted by Gasteiger charge is 2.16. The van der Waals surface area contributed by atoms with E-state index in [9.17, 15) is 9.59 Å². The highest BCUT2D eigenvalue weighted by molar-refractivity contribution is 6.34. The molecule has 0 heterocycles. The predicted octanol–water partition coefficient (Wildman–Crippen LogP) is 5.08. The van der Waals surface area contributed by atoms with E-state index in [1.165, 1.54) is 7.11 Å². The molecule has 0 aliphatic heterocycles. The number of ether oxygens (including phenoxy) is 3. The summed E-state index contributed by atoms with van der Waals surface area (Å²) in [5.74, 6) is 0.127. The third-order valence-corrected chi connectivity index (χ3v) is 5.29. The van der Waals surface area contributed by atoms with Crippen LogP contribution >= 0.6 is 11.6 Å². The maximum Gasteiger partial charge on any atom is 0.333 e. The molecular formula is C26H26ClNO6. The van der Waals surface area contributed by atoms with Gasteiger partial charge in [-0.05, 0) is 54.1 Å². The van der Waals surface area contributed by atoms with Crippen LogP contribution < -0.4 is 14.8 Å². The van der Waals surface area contributed by atoms with Crippen molar-refractivity contribution >= 4 is 29.2 Å². The van der Waals surface area contributed by atoms with E-state index in [-0.39, 0.29) is 5.91 Å². The first-order valence-electron chi connectivity index (χ1n) is 10.7. The van der Waals surface area contributed by atoms with Crippen LogP contribution in [0.25, 0.3) is 0 Å². The number of carbonyl (C=O) groups is 2. The predicted molar refractivity (Wildman–Crippen MR) is 130 cm³/mol. The van der Waals surface area contributed by atoms with Crippen LogP contribution in [0.4, 0.5) is 5.69 Å². The fourth-order valence-corrected chi connectivity index (χ4v) is 3.35. The minimum absolute atomic E-state index is 0.273. The average Bonchev–Trinajstić information content (AvgIpc) is 2.84. The second-order valence-electron chi connectivity index (χ2n) is 7.42. The quantitative estimate of drug-likeness (QED) is 0.349. The lowest BCUT2D eigenvalue weighted by Crippen LogP contribution is -2.24. The van der Waals surface area contributed by atoms with Crippen LogP contribution in [0.1, 0.15) is 22.3 Å². The van der Waals surface area contributed by atoms with E-state index < -0.39 is 12.1 Å². The average molecular weight is 484 g/mol. The molecule has 0 aliphatic rings. The van der Waals surface area contributed by atoms with Gasteiger partial charge in [-0.25, -0.2) is 4.79 Å². The number of methoxy groups -OCH3 is 1. The van der Waals surface area contributed by atoms with Crippen molar-refractivity contribution in [3.05, 3.63) is 88.9 Å². The molecular weight excluding hydrogens is 458 g/mol. The van der Waals surface area contributed by atoms with E-state index in [0.29, 0.717) is 53.8 Å². The van der Waals surface area contributed by atoms with Crippen LogP contribution in [0, 0.1) is 0 Å². The Balaban J connectivity index is 1.37. The molecule has 0 fully saturated rings. The number of benzene rings is 3. The summed E-state index contributed by atoms with van der Waals surface area (Å²) in [5, 5.41) is 12.3. The zero-order chi connectivity index (χ0) is 24.3. The first kappa shape index (κ1) is 25.1. The number of aliphatic carboxylic acids is 1. The molecule has 0 saturated heterocycles. The number of hydrogen-bond donors (Lipinski definition) is 2. The topological polar surface area (TPSA) is 94.1 Å². The van der Waals surface area contributed by atoms with Crippen LogP contribution in [0.5, 0.6) is 11.5 Å². The van der Waals surface area contributed by atoms with Gasteiger partial charge in [0.1, 0.15) is 11.5 Å². The van der Waals surface area contributed by atoms with E-state index in [1.54, 1.807) is 60.7 Å². The molecule has 0 aromatic heterocycles. The number of anilines is 1. The Morgan fingerprint density at radius 3 is 2.06 bits per heavy atom. The number of hydrogen-bond acceptors (Lipinski definition) is 5. The molecule has 3 aromatic carbocycles. The van der Waals surface area contributed by atoms with Crippen molar-refractivity contribution in [2.45, 2.75) is 18.9 Å². The van der Waals surface area contributed by atoms with Crippen molar-refractivity contribution in [1.29, 1.82) is 0 Å². The normalized spacial score (nSPS) is 11.5. The number of amides is 1. The van der Waals surface area contributed by atoms with Gasteiger partial charge in [0.15, 0.2) is 6.10 Å². The molecule has 0 spiro atoms. The van der Waals surface area contributed by atoms with Crippen molar-refractivity contribution in [1.82, 2.24) is 0 Å². The first-order valence-corrected chi connectivity index (χ1v) is 11.1. The van der Waals surface area contributed by atoms with Crippen molar-refractivity contribution in [2.24, 2.45) is 0 Å². The summed E-state index contributed by atoms with van der Waals surface area (Å²) in [7, 11) is 1.38. The zero-order valence-electron chi connectivity index (χ0n) is 18.7. The Hall–Kier alpha value is -3.55. The number of carbonyl (C=O) groups excluding carboxylic acids is 1. The van der Waals surface area contributed by atoms with Crippen LogP contribution in [0.2, 0.25) is 5.02 Å². The summed E-state index contributed by atoms with van der Waals surface area (Å²) < 4.78 is 16.4. The fraction of sp³-hybridized carbons (Fsp3) is 0.231. The highest BCUT2D eigenvalue weighted by atomic mass is 35.5. The smallest absolute Gasteiger partial charge is 0.333 e. The minimum atomic E-state index is -0.987. The Bertz CT molecular complexity index is 1090. The number of carboxylic acids is 1. The van der Waals surface area contributed by atoms with Crippen LogP contribution in [-0.2, 0) is 16.0 Å². The second-order valence-corrected chi connectivity index (χ2v) is 7.83. The molecule has 3 rings (SSSR count). The van der Waals surface area contributed by atoms with Gasteiger partial charge in [-0.15, -0.1) is 0 Å². The van der Waals surface area contributed by atoms with Gasteiger partial charge < -0.3 is 24.6 Å². The van der Waals surface area contributed by atoms with E-state index in [2.05, 4.69) is 5.32 Å². The van der Waals surface area contributed by atoms with Gasteiger partial charge in [0.2, 0.25) is 0 Å². The lowest BCUT2D eigenvalue weighted by atomic mass is 10.1. The summed E-state index contributed by atoms with van der Waals surface area (Å²) in [5.41, 5.74) is 1.92. The Morgan fingerprint density at radius 1 is 0.912 bits per heavy atom. The number of rotatable bonds is 12. The van der Waals surface area contributed by atoms with Gasteiger partial charge in [-0.3, -0.25) is 4.79 Å². The van der Waals surface area contributed by atoms with Gasteiger partial charge in [0.25, 0.3) is 5.91 Å².